The number of aromatic amines is 1. The Bertz CT molecular complexity index is 1160. The van der Waals surface area contributed by atoms with Gasteiger partial charge in [-0.25, -0.2) is 0 Å². The summed E-state index contributed by atoms with van der Waals surface area (Å²) in [6, 6.07) is 17.6. The molecule has 1 amide bonds. The van der Waals surface area contributed by atoms with Crippen molar-refractivity contribution in [3.05, 3.63) is 78.2 Å². The number of pyridine rings is 1. The van der Waals surface area contributed by atoms with Gasteiger partial charge in [0.05, 0.1) is 5.52 Å². The number of rotatable bonds is 5. The average molecular weight is 383 g/mol. The van der Waals surface area contributed by atoms with E-state index in [1.807, 2.05) is 60.9 Å². The van der Waals surface area contributed by atoms with E-state index in [1.54, 1.807) is 0 Å². The van der Waals surface area contributed by atoms with E-state index in [2.05, 4.69) is 31.5 Å². The Labute approximate surface area is 168 Å². The second-order valence-electron chi connectivity index (χ2n) is 7.36. The molecular formula is C23H21N5O. The highest BCUT2D eigenvalue weighted by Crippen LogP contribution is 2.26. The summed E-state index contributed by atoms with van der Waals surface area (Å²) < 4.78 is 0. The lowest BCUT2D eigenvalue weighted by molar-refractivity contribution is 0.102. The summed E-state index contributed by atoms with van der Waals surface area (Å²) in [5.41, 5.74) is 5.22. The number of aromatic nitrogens is 3. The van der Waals surface area contributed by atoms with Crippen LogP contribution >= 0.6 is 0 Å². The van der Waals surface area contributed by atoms with Crippen LogP contribution in [0.2, 0.25) is 0 Å². The Morgan fingerprint density at radius 1 is 1.03 bits per heavy atom. The number of likely N-dealkylation sites (tertiary alicyclic amines) is 1. The number of hydrogen-bond acceptors (Lipinski definition) is 4. The third-order valence-corrected chi connectivity index (χ3v) is 5.29. The van der Waals surface area contributed by atoms with Crippen LogP contribution in [0.1, 0.15) is 22.5 Å². The highest BCUT2D eigenvalue weighted by atomic mass is 16.1. The molecule has 4 aromatic rings. The Kier molecular flexibility index (Phi) is 4.54. The lowest BCUT2D eigenvalue weighted by Crippen LogP contribution is -2.36. The first kappa shape index (κ1) is 17.6. The number of nitrogens with zero attached hydrogens (tertiary/aromatic N) is 3. The molecule has 2 aromatic heterocycles. The Hall–Kier alpha value is -3.51. The predicted molar refractivity (Wildman–Crippen MR) is 114 cm³/mol. The summed E-state index contributed by atoms with van der Waals surface area (Å²) in [6.07, 6.45) is 5.07. The molecule has 0 atom stereocenters. The number of fused-ring (bicyclic) bond motifs is 1. The fourth-order valence-corrected chi connectivity index (χ4v) is 3.61. The van der Waals surface area contributed by atoms with Gasteiger partial charge in [0, 0.05) is 35.6 Å². The number of nitrogens with one attached hydrogen (secondary N) is 2. The number of para-hydroxylation sites is 1. The van der Waals surface area contributed by atoms with Crippen molar-refractivity contribution in [3.8, 4) is 11.1 Å². The summed E-state index contributed by atoms with van der Waals surface area (Å²) in [5, 5.41) is 10.9. The minimum Gasteiger partial charge on any atom is -0.321 e. The standard InChI is InChI=1S/C23H21N5O/c29-23(25-19-5-2-1-3-6-19)22-20-12-17(7-8-21(20)26-27-22)18-11-16(13-24-14-18)15-28-9-4-10-28/h1-3,5-8,11-14H,4,9-10,15H2,(H,25,29)(H,26,27). The number of H-pyrrole nitrogens is 1. The zero-order valence-electron chi connectivity index (χ0n) is 15.9. The van der Waals surface area contributed by atoms with E-state index in [0.29, 0.717) is 5.69 Å². The van der Waals surface area contributed by atoms with Crippen LogP contribution in [-0.2, 0) is 6.54 Å². The minimum atomic E-state index is -0.232. The zero-order chi connectivity index (χ0) is 19.6. The van der Waals surface area contributed by atoms with Crippen molar-refractivity contribution < 1.29 is 4.79 Å². The second kappa shape index (κ2) is 7.48. The van der Waals surface area contributed by atoms with E-state index in [9.17, 15) is 4.79 Å². The Morgan fingerprint density at radius 2 is 1.90 bits per heavy atom. The molecule has 1 saturated heterocycles. The molecular weight excluding hydrogens is 362 g/mol. The highest BCUT2D eigenvalue weighted by molar-refractivity contribution is 6.11. The SMILES string of the molecule is O=C(Nc1ccccc1)c1n[nH]c2ccc(-c3cncc(CN4CCC4)c3)cc12. The number of benzene rings is 2. The number of carbonyl (C=O) groups excluding carboxylic acids is 1. The maximum atomic E-state index is 12.7. The van der Waals surface area contributed by atoms with Gasteiger partial charge >= 0.3 is 0 Å². The summed E-state index contributed by atoms with van der Waals surface area (Å²) in [6.45, 7) is 3.25. The van der Waals surface area contributed by atoms with Gasteiger partial charge in [-0.2, -0.15) is 5.10 Å². The molecule has 0 unspecified atom stereocenters. The van der Waals surface area contributed by atoms with E-state index >= 15 is 0 Å². The van der Waals surface area contributed by atoms with Crippen molar-refractivity contribution in [3.63, 3.8) is 0 Å². The zero-order valence-corrected chi connectivity index (χ0v) is 15.9. The largest absolute Gasteiger partial charge is 0.321 e. The monoisotopic (exact) mass is 383 g/mol. The molecule has 144 valence electrons. The molecule has 0 spiro atoms. The summed E-state index contributed by atoms with van der Waals surface area (Å²) in [5.74, 6) is -0.232. The van der Waals surface area contributed by atoms with Crippen LogP contribution in [0, 0.1) is 0 Å². The van der Waals surface area contributed by atoms with Crippen LogP contribution in [0.5, 0.6) is 0 Å². The van der Waals surface area contributed by atoms with Crippen LogP contribution in [0.3, 0.4) is 0 Å². The molecule has 6 nitrogen and oxygen atoms in total. The van der Waals surface area contributed by atoms with Gasteiger partial charge in [-0.3, -0.25) is 19.8 Å². The summed E-state index contributed by atoms with van der Waals surface area (Å²) in [4.78, 5) is 19.6. The van der Waals surface area contributed by atoms with Crippen LogP contribution in [0.25, 0.3) is 22.0 Å². The van der Waals surface area contributed by atoms with Gasteiger partial charge in [0.15, 0.2) is 5.69 Å². The maximum Gasteiger partial charge on any atom is 0.276 e. The minimum absolute atomic E-state index is 0.232. The van der Waals surface area contributed by atoms with E-state index in [0.717, 1.165) is 47.4 Å². The lowest BCUT2D eigenvalue weighted by atomic mass is 10.0. The van der Waals surface area contributed by atoms with Crippen molar-refractivity contribution in [1.82, 2.24) is 20.1 Å². The molecule has 1 aliphatic heterocycles. The third kappa shape index (κ3) is 3.62. The molecule has 5 rings (SSSR count). The predicted octanol–water partition coefficient (Wildman–Crippen LogP) is 4.08. The van der Waals surface area contributed by atoms with Gasteiger partial charge < -0.3 is 5.32 Å². The number of amides is 1. The van der Waals surface area contributed by atoms with E-state index in [-0.39, 0.29) is 5.91 Å². The van der Waals surface area contributed by atoms with Gasteiger partial charge in [-0.15, -0.1) is 0 Å². The maximum absolute atomic E-state index is 12.7. The van der Waals surface area contributed by atoms with E-state index in [4.69, 9.17) is 0 Å². The topological polar surface area (TPSA) is 73.9 Å². The first-order chi connectivity index (χ1) is 14.3. The molecule has 3 heterocycles. The first-order valence-electron chi connectivity index (χ1n) is 9.77. The smallest absolute Gasteiger partial charge is 0.276 e. The van der Waals surface area contributed by atoms with Crippen molar-refractivity contribution >= 4 is 22.5 Å². The lowest BCUT2D eigenvalue weighted by Gasteiger charge is -2.30. The fraction of sp³-hybridized carbons (Fsp3) is 0.174. The molecule has 0 bridgehead atoms. The van der Waals surface area contributed by atoms with Crippen LogP contribution in [0.4, 0.5) is 5.69 Å². The van der Waals surface area contributed by atoms with Crippen LogP contribution < -0.4 is 5.32 Å². The van der Waals surface area contributed by atoms with Crippen molar-refractivity contribution in [2.24, 2.45) is 0 Å². The van der Waals surface area contributed by atoms with E-state index < -0.39 is 0 Å². The normalized spacial score (nSPS) is 13.9. The average Bonchev–Trinajstić information content (AvgIpc) is 3.15. The van der Waals surface area contributed by atoms with Crippen molar-refractivity contribution in [1.29, 1.82) is 0 Å². The summed E-state index contributed by atoms with van der Waals surface area (Å²) in [7, 11) is 0. The number of anilines is 1. The van der Waals surface area contributed by atoms with Crippen molar-refractivity contribution in [2.75, 3.05) is 18.4 Å². The van der Waals surface area contributed by atoms with E-state index in [1.165, 1.54) is 12.0 Å². The van der Waals surface area contributed by atoms with Gasteiger partial charge in [-0.05, 0) is 61.0 Å². The molecule has 6 heteroatoms. The number of carbonyl (C=O) groups is 1. The number of hydrogen-bond donors (Lipinski definition) is 2. The van der Waals surface area contributed by atoms with Crippen LogP contribution in [-0.4, -0.2) is 39.1 Å². The molecule has 0 aliphatic carbocycles. The van der Waals surface area contributed by atoms with Gasteiger partial charge in [0.2, 0.25) is 0 Å². The molecule has 1 fully saturated rings. The Morgan fingerprint density at radius 3 is 2.69 bits per heavy atom. The van der Waals surface area contributed by atoms with Gasteiger partial charge in [-0.1, -0.05) is 24.3 Å². The fourth-order valence-electron chi connectivity index (χ4n) is 3.61. The quantitative estimate of drug-likeness (QED) is 0.545. The summed E-state index contributed by atoms with van der Waals surface area (Å²) >= 11 is 0. The highest BCUT2D eigenvalue weighted by Gasteiger charge is 2.16. The molecule has 29 heavy (non-hydrogen) atoms. The van der Waals surface area contributed by atoms with Crippen molar-refractivity contribution in [2.45, 2.75) is 13.0 Å². The van der Waals surface area contributed by atoms with Gasteiger partial charge in [0.25, 0.3) is 5.91 Å². The van der Waals surface area contributed by atoms with Crippen LogP contribution in [0.15, 0.2) is 67.0 Å². The Balaban J connectivity index is 1.45. The molecule has 0 radical (unpaired) electrons. The molecule has 1 aliphatic rings. The molecule has 2 aromatic carbocycles. The molecule has 2 N–H and O–H groups in total. The van der Waals surface area contributed by atoms with Gasteiger partial charge in [0.1, 0.15) is 0 Å². The first-order valence-corrected chi connectivity index (χ1v) is 9.77. The second-order valence-corrected chi connectivity index (χ2v) is 7.36. The third-order valence-electron chi connectivity index (χ3n) is 5.29. The molecule has 0 saturated carbocycles.